The van der Waals surface area contributed by atoms with Crippen LogP contribution in [0.4, 0.5) is 17.1 Å². The summed E-state index contributed by atoms with van der Waals surface area (Å²) < 4.78 is 28.0. The molecule has 0 aromatic heterocycles. The number of nitrogens with zero attached hydrogens (tertiary/aromatic N) is 2. The summed E-state index contributed by atoms with van der Waals surface area (Å²) in [7, 11) is -4.07. The zero-order chi connectivity index (χ0) is 23.5. The molecule has 11 heteroatoms. The fourth-order valence-electron chi connectivity index (χ4n) is 2.87. The summed E-state index contributed by atoms with van der Waals surface area (Å²) in [4.78, 5) is 10.5. The van der Waals surface area contributed by atoms with Gasteiger partial charge in [0.2, 0.25) is 0 Å². The minimum Gasteiger partial charge on any atom is -0.508 e. The smallest absolute Gasteiger partial charge is 0.295 e. The number of hydrogen-bond donors (Lipinski definition) is 4. The van der Waals surface area contributed by atoms with Crippen molar-refractivity contribution in [1.29, 1.82) is 0 Å². The monoisotopic (exact) mass is 456 g/mol. The highest BCUT2D eigenvalue weighted by atomic mass is 32.2. The third-order valence-electron chi connectivity index (χ3n) is 4.51. The molecule has 0 unspecified atom stereocenters. The van der Waals surface area contributed by atoms with Crippen LogP contribution in [0.3, 0.4) is 0 Å². The van der Waals surface area contributed by atoms with Gasteiger partial charge in [-0.15, -0.1) is 0 Å². The standard InChI is InChI=1S/C21H20N4O6S/c1-13-3-7-18(14(2)9-13)24-32(30,31)17-6-8-19(20(11-17)25(28)29)23-22-12-15-4-5-16(26)10-21(15)27/h3-12,23-24,26-27H,1-2H3/b22-12+. The molecular weight excluding hydrogens is 436 g/mol. The lowest BCUT2D eigenvalue weighted by atomic mass is 10.1. The van der Waals surface area contributed by atoms with E-state index in [1.54, 1.807) is 19.1 Å². The Bertz CT molecular complexity index is 1320. The Balaban J connectivity index is 1.86. The second-order valence-corrected chi connectivity index (χ2v) is 8.66. The molecule has 0 bridgehead atoms. The van der Waals surface area contributed by atoms with E-state index in [1.165, 1.54) is 30.5 Å². The van der Waals surface area contributed by atoms with E-state index >= 15 is 0 Å². The van der Waals surface area contributed by atoms with E-state index < -0.39 is 20.6 Å². The van der Waals surface area contributed by atoms with Crippen LogP contribution < -0.4 is 10.1 Å². The van der Waals surface area contributed by atoms with Gasteiger partial charge in [0.1, 0.15) is 17.2 Å². The van der Waals surface area contributed by atoms with Crippen LogP contribution in [-0.2, 0) is 10.0 Å². The average molecular weight is 456 g/mol. The van der Waals surface area contributed by atoms with Crippen molar-refractivity contribution in [2.45, 2.75) is 18.7 Å². The van der Waals surface area contributed by atoms with Crippen molar-refractivity contribution in [3.63, 3.8) is 0 Å². The first-order chi connectivity index (χ1) is 15.1. The number of phenolic OH excluding ortho intramolecular Hbond substituents is 2. The van der Waals surface area contributed by atoms with Crippen molar-refractivity contribution >= 4 is 33.3 Å². The maximum atomic E-state index is 12.8. The van der Waals surface area contributed by atoms with Crippen LogP contribution >= 0.6 is 0 Å². The largest absolute Gasteiger partial charge is 0.508 e. The van der Waals surface area contributed by atoms with Crippen molar-refractivity contribution in [3.05, 3.63) is 81.4 Å². The lowest BCUT2D eigenvalue weighted by Gasteiger charge is -2.12. The quantitative estimate of drug-likeness (QED) is 0.239. The van der Waals surface area contributed by atoms with Crippen LogP contribution in [0, 0.1) is 24.0 Å². The summed E-state index contributed by atoms with van der Waals surface area (Å²) in [5.74, 6) is -0.363. The van der Waals surface area contributed by atoms with Crippen molar-refractivity contribution in [3.8, 4) is 11.5 Å². The van der Waals surface area contributed by atoms with Crippen LogP contribution in [-0.4, -0.2) is 29.8 Å². The molecule has 0 radical (unpaired) electrons. The first-order valence-corrected chi connectivity index (χ1v) is 10.7. The molecule has 3 aromatic carbocycles. The molecule has 0 aliphatic heterocycles. The Labute approximate surface area is 184 Å². The molecule has 0 spiro atoms. The van der Waals surface area contributed by atoms with Crippen LogP contribution in [0.2, 0.25) is 0 Å². The highest BCUT2D eigenvalue weighted by Gasteiger charge is 2.22. The van der Waals surface area contributed by atoms with Gasteiger partial charge < -0.3 is 10.2 Å². The minimum absolute atomic E-state index is 0.0463. The van der Waals surface area contributed by atoms with Crippen LogP contribution in [0.15, 0.2) is 64.6 Å². The normalized spacial score (nSPS) is 11.4. The average Bonchev–Trinajstić information content (AvgIpc) is 2.71. The van der Waals surface area contributed by atoms with E-state index in [0.717, 1.165) is 17.7 Å². The van der Waals surface area contributed by atoms with Gasteiger partial charge >= 0.3 is 0 Å². The van der Waals surface area contributed by atoms with Gasteiger partial charge in [-0.05, 0) is 49.7 Å². The molecule has 0 atom stereocenters. The second-order valence-electron chi connectivity index (χ2n) is 6.97. The Morgan fingerprint density at radius 3 is 2.38 bits per heavy atom. The van der Waals surface area contributed by atoms with E-state index in [2.05, 4.69) is 15.2 Å². The molecule has 0 saturated heterocycles. The number of rotatable bonds is 7. The lowest BCUT2D eigenvalue weighted by molar-refractivity contribution is -0.384. The SMILES string of the molecule is Cc1ccc(NS(=O)(=O)c2ccc(N/N=C/c3ccc(O)cc3O)c([N+](=O)[O-])c2)c(C)c1. The van der Waals surface area contributed by atoms with Gasteiger partial charge in [0.05, 0.1) is 21.7 Å². The van der Waals surface area contributed by atoms with E-state index in [9.17, 15) is 28.7 Å². The number of phenols is 2. The van der Waals surface area contributed by atoms with Gasteiger partial charge in [-0.25, -0.2) is 8.42 Å². The Morgan fingerprint density at radius 2 is 1.72 bits per heavy atom. The number of aryl methyl sites for hydroxylation is 2. The molecule has 0 aliphatic carbocycles. The third-order valence-corrected chi connectivity index (χ3v) is 5.87. The number of benzene rings is 3. The van der Waals surface area contributed by atoms with Gasteiger partial charge in [-0.2, -0.15) is 5.10 Å². The number of aromatic hydroxyl groups is 2. The topological polar surface area (TPSA) is 154 Å². The zero-order valence-corrected chi connectivity index (χ0v) is 17.9. The number of nitrogens with one attached hydrogen (secondary N) is 2. The number of anilines is 2. The molecule has 0 saturated carbocycles. The van der Waals surface area contributed by atoms with Gasteiger partial charge in [0.25, 0.3) is 15.7 Å². The molecule has 0 aliphatic rings. The van der Waals surface area contributed by atoms with E-state index in [0.29, 0.717) is 11.3 Å². The maximum Gasteiger partial charge on any atom is 0.295 e. The fourth-order valence-corrected chi connectivity index (χ4v) is 4.02. The summed E-state index contributed by atoms with van der Waals surface area (Å²) >= 11 is 0. The molecule has 0 amide bonds. The van der Waals surface area contributed by atoms with Gasteiger partial charge in [0, 0.05) is 17.7 Å². The molecule has 0 fully saturated rings. The molecular formula is C21H20N4O6S. The number of hydrogen-bond acceptors (Lipinski definition) is 8. The predicted octanol–water partition coefficient (Wildman–Crippen LogP) is 3.87. The number of sulfonamides is 1. The maximum absolute atomic E-state index is 12.8. The molecule has 3 aromatic rings. The van der Waals surface area contributed by atoms with Crippen LogP contribution in [0.5, 0.6) is 11.5 Å². The van der Waals surface area contributed by atoms with E-state index in [-0.39, 0.29) is 27.6 Å². The van der Waals surface area contributed by atoms with Crippen molar-refractivity contribution in [1.82, 2.24) is 0 Å². The fraction of sp³-hybridized carbons (Fsp3) is 0.0952. The first-order valence-electron chi connectivity index (χ1n) is 9.26. The Kier molecular flexibility index (Phi) is 6.30. The summed E-state index contributed by atoms with van der Waals surface area (Å²) in [6.07, 6.45) is 1.20. The second kappa shape index (κ2) is 8.94. The van der Waals surface area contributed by atoms with Crippen molar-refractivity contribution in [2.24, 2.45) is 5.10 Å². The van der Waals surface area contributed by atoms with Crippen molar-refractivity contribution in [2.75, 3.05) is 10.1 Å². The molecule has 10 nitrogen and oxygen atoms in total. The Hall–Kier alpha value is -4.12. The predicted molar refractivity (Wildman–Crippen MR) is 121 cm³/mol. The summed E-state index contributed by atoms with van der Waals surface area (Å²) in [5.41, 5.74) is 4.24. The summed E-state index contributed by atoms with van der Waals surface area (Å²) in [6, 6.07) is 12.4. The van der Waals surface area contributed by atoms with Crippen molar-refractivity contribution < 1.29 is 23.6 Å². The highest BCUT2D eigenvalue weighted by Crippen LogP contribution is 2.29. The van der Waals surface area contributed by atoms with E-state index in [4.69, 9.17) is 0 Å². The molecule has 4 N–H and O–H groups in total. The summed E-state index contributed by atoms with van der Waals surface area (Å²) in [5, 5.41) is 34.4. The number of hydrazone groups is 1. The minimum atomic E-state index is -4.07. The van der Waals surface area contributed by atoms with E-state index in [1.807, 2.05) is 13.0 Å². The highest BCUT2D eigenvalue weighted by molar-refractivity contribution is 7.92. The van der Waals surface area contributed by atoms with Gasteiger partial charge in [-0.1, -0.05) is 17.7 Å². The molecule has 0 heterocycles. The van der Waals surface area contributed by atoms with Gasteiger partial charge in [-0.3, -0.25) is 20.3 Å². The lowest BCUT2D eigenvalue weighted by Crippen LogP contribution is -2.14. The Morgan fingerprint density at radius 1 is 1.00 bits per heavy atom. The molecule has 32 heavy (non-hydrogen) atoms. The van der Waals surface area contributed by atoms with Gasteiger partial charge in [0.15, 0.2) is 0 Å². The molecule has 166 valence electrons. The van der Waals surface area contributed by atoms with Crippen LogP contribution in [0.25, 0.3) is 0 Å². The molecule has 3 rings (SSSR count). The van der Waals surface area contributed by atoms with Crippen LogP contribution in [0.1, 0.15) is 16.7 Å². The number of nitro groups is 1. The number of nitro benzene ring substituents is 1. The first kappa shape index (κ1) is 22.6. The zero-order valence-electron chi connectivity index (χ0n) is 17.1. The third kappa shape index (κ3) is 5.13. The summed E-state index contributed by atoms with van der Waals surface area (Å²) in [6.45, 7) is 3.64.